The van der Waals surface area contributed by atoms with Crippen LogP contribution in [0.5, 0.6) is 0 Å². The van der Waals surface area contributed by atoms with Crippen molar-refractivity contribution in [1.29, 1.82) is 0 Å². The van der Waals surface area contributed by atoms with Gasteiger partial charge in [-0.05, 0) is 13.8 Å². The van der Waals surface area contributed by atoms with E-state index < -0.39 is 0 Å². The molecule has 1 aliphatic rings. The molecule has 0 N–H and O–H groups in total. The van der Waals surface area contributed by atoms with Gasteiger partial charge < -0.3 is 14.5 Å². The maximum atomic E-state index is 11.7. The van der Waals surface area contributed by atoms with Gasteiger partial charge in [-0.15, -0.1) is 0 Å². The Morgan fingerprint density at radius 1 is 1.47 bits per heavy atom. The van der Waals surface area contributed by atoms with Crippen LogP contribution in [0, 0.1) is 0 Å². The number of piperidine rings is 1. The van der Waals surface area contributed by atoms with Crippen molar-refractivity contribution in [1.82, 2.24) is 9.80 Å². The number of ether oxygens (including phenoxy) is 1. The van der Waals surface area contributed by atoms with Gasteiger partial charge in [0.1, 0.15) is 0 Å². The number of likely N-dealkylation sites (tertiary alicyclic amines) is 1. The molecule has 0 saturated carbocycles. The van der Waals surface area contributed by atoms with Gasteiger partial charge in [0.25, 0.3) is 0 Å². The molecule has 0 unspecified atom stereocenters. The number of nitrogens with zero attached hydrogens (tertiary/aromatic N) is 2. The number of hydrogen-bond donors (Lipinski definition) is 0. The van der Waals surface area contributed by atoms with Gasteiger partial charge >= 0.3 is 6.09 Å². The summed E-state index contributed by atoms with van der Waals surface area (Å²) in [5.74, 6) is 0.104. The molecule has 0 aliphatic carbocycles. The second kappa shape index (κ2) is 5.70. The molecular formula is C12H20N2O3. The largest absolute Gasteiger partial charge is 0.447 e. The summed E-state index contributed by atoms with van der Waals surface area (Å²) in [6.45, 7) is 4.39. The van der Waals surface area contributed by atoms with Gasteiger partial charge in [-0.3, -0.25) is 4.79 Å². The SMILES string of the molecule is CC(C)OC(=O)N1CCC(=O)C(=CN(C)C)C1. The van der Waals surface area contributed by atoms with E-state index in [2.05, 4.69) is 0 Å². The molecule has 1 saturated heterocycles. The van der Waals surface area contributed by atoms with Crippen LogP contribution in [0.3, 0.4) is 0 Å². The molecule has 1 amide bonds. The van der Waals surface area contributed by atoms with Crippen molar-refractivity contribution < 1.29 is 14.3 Å². The van der Waals surface area contributed by atoms with Crippen LogP contribution >= 0.6 is 0 Å². The van der Waals surface area contributed by atoms with E-state index in [1.165, 1.54) is 0 Å². The zero-order valence-electron chi connectivity index (χ0n) is 10.9. The van der Waals surface area contributed by atoms with Gasteiger partial charge in [0, 0.05) is 38.8 Å². The minimum absolute atomic E-state index is 0.104. The van der Waals surface area contributed by atoms with Crippen molar-refractivity contribution in [3.05, 3.63) is 11.8 Å². The molecule has 1 heterocycles. The second-order valence-corrected chi connectivity index (χ2v) is 4.65. The Morgan fingerprint density at radius 3 is 2.65 bits per heavy atom. The Kier molecular flexibility index (Phi) is 4.54. The molecule has 5 nitrogen and oxygen atoms in total. The summed E-state index contributed by atoms with van der Waals surface area (Å²) >= 11 is 0. The van der Waals surface area contributed by atoms with Crippen molar-refractivity contribution in [2.45, 2.75) is 26.4 Å². The highest BCUT2D eigenvalue weighted by Crippen LogP contribution is 2.14. The number of Topliss-reactive ketones (excluding diaryl/α,β-unsaturated/α-hetero) is 1. The number of ketones is 1. The van der Waals surface area contributed by atoms with E-state index in [0.29, 0.717) is 25.1 Å². The molecule has 0 spiro atoms. The standard InChI is InChI=1S/C12H20N2O3/c1-9(2)17-12(16)14-6-5-11(15)10(8-14)7-13(3)4/h7,9H,5-6,8H2,1-4H3. The first-order chi connectivity index (χ1) is 7.90. The van der Waals surface area contributed by atoms with Crippen molar-refractivity contribution in [2.75, 3.05) is 27.2 Å². The molecule has 0 bridgehead atoms. The predicted octanol–water partition coefficient (Wildman–Crippen LogP) is 1.25. The molecule has 0 aromatic carbocycles. The summed E-state index contributed by atoms with van der Waals surface area (Å²) in [5, 5.41) is 0. The summed E-state index contributed by atoms with van der Waals surface area (Å²) in [7, 11) is 3.71. The van der Waals surface area contributed by atoms with Crippen LogP contribution in [0.4, 0.5) is 4.79 Å². The van der Waals surface area contributed by atoms with Crippen molar-refractivity contribution in [2.24, 2.45) is 0 Å². The number of rotatable bonds is 2. The average molecular weight is 240 g/mol. The van der Waals surface area contributed by atoms with Gasteiger partial charge in [0.15, 0.2) is 5.78 Å². The van der Waals surface area contributed by atoms with Gasteiger partial charge in [-0.1, -0.05) is 0 Å². The van der Waals surface area contributed by atoms with Crippen LogP contribution in [0.15, 0.2) is 11.8 Å². The normalized spacial score (nSPS) is 18.8. The highest BCUT2D eigenvalue weighted by atomic mass is 16.6. The summed E-state index contributed by atoms with van der Waals surface area (Å²) < 4.78 is 5.11. The maximum Gasteiger partial charge on any atom is 0.410 e. The Morgan fingerprint density at radius 2 is 2.12 bits per heavy atom. The smallest absolute Gasteiger partial charge is 0.410 e. The lowest BCUT2D eigenvalue weighted by Crippen LogP contribution is -2.41. The van der Waals surface area contributed by atoms with Crippen LogP contribution in [-0.2, 0) is 9.53 Å². The molecule has 0 atom stereocenters. The molecule has 0 aromatic heterocycles. The number of hydrogen-bond acceptors (Lipinski definition) is 4. The van der Waals surface area contributed by atoms with E-state index >= 15 is 0 Å². The molecule has 0 radical (unpaired) electrons. The fourth-order valence-corrected chi connectivity index (χ4v) is 1.63. The summed E-state index contributed by atoms with van der Waals surface area (Å²) in [6.07, 6.45) is 1.64. The fraction of sp³-hybridized carbons (Fsp3) is 0.667. The van der Waals surface area contributed by atoms with E-state index in [1.807, 2.05) is 32.8 Å². The summed E-state index contributed by atoms with van der Waals surface area (Å²) in [4.78, 5) is 26.7. The highest BCUT2D eigenvalue weighted by molar-refractivity contribution is 5.97. The molecule has 96 valence electrons. The van der Waals surface area contributed by atoms with Crippen molar-refractivity contribution in [3.8, 4) is 0 Å². The zero-order valence-corrected chi connectivity index (χ0v) is 10.9. The third kappa shape index (κ3) is 4.09. The van der Waals surface area contributed by atoms with E-state index in [1.54, 1.807) is 11.1 Å². The minimum atomic E-state index is -0.350. The monoisotopic (exact) mass is 240 g/mol. The minimum Gasteiger partial charge on any atom is -0.447 e. The lowest BCUT2D eigenvalue weighted by atomic mass is 10.0. The first-order valence-electron chi connectivity index (χ1n) is 5.76. The fourth-order valence-electron chi connectivity index (χ4n) is 1.63. The Bertz CT molecular complexity index is 335. The van der Waals surface area contributed by atoms with E-state index in [-0.39, 0.29) is 18.0 Å². The molecule has 0 aromatic rings. The van der Waals surface area contributed by atoms with Gasteiger partial charge in [-0.25, -0.2) is 4.79 Å². The molecule has 5 heteroatoms. The van der Waals surface area contributed by atoms with Crippen molar-refractivity contribution in [3.63, 3.8) is 0 Å². The van der Waals surface area contributed by atoms with Gasteiger partial charge in [0.05, 0.1) is 12.6 Å². The summed E-state index contributed by atoms with van der Waals surface area (Å²) in [5.41, 5.74) is 0.655. The van der Waals surface area contributed by atoms with Crippen molar-refractivity contribution >= 4 is 11.9 Å². The lowest BCUT2D eigenvalue weighted by Gasteiger charge is -2.28. The second-order valence-electron chi connectivity index (χ2n) is 4.65. The first-order valence-corrected chi connectivity index (χ1v) is 5.76. The lowest BCUT2D eigenvalue weighted by molar-refractivity contribution is -0.117. The molecule has 17 heavy (non-hydrogen) atoms. The van der Waals surface area contributed by atoms with Gasteiger partial charge in [-0.2, -0.15) is 0 Å². The summed E-state index contributed by atoms with van der Waals surface area (Å²) in [6, 6.07) is 0. The topological polar surface area (TPSA) is 49.9 Å². The average Bonchev–Trinajstić information content (AvgIpc) is 2.19. The zero-order chi connectivity index (χ0) is 13.0. The Balaban J connectivity index is 2.67. The Labute approximate surface area is 102 Å². The third-order valence-corrected chi connectivity index (χ3v) is 2.34. The molecule has 1 aliphatic heterocycles. The Hall–Kier alpha value is -1.52. The van der Waals surface area contributed by atoms with E-state index in [9.17, 15) is 9.59 Å². The quantitative estimate of drug-likeness (QED) is 0.682. The van der Waals surface area contributed by atoms with E-state index in [4.69, 9.17) is 4.74 Å². The number of carbonyl (C=O) groups excluding carboxylic acids is 2. The first kappa shape index (κ1) is 13.5. The van der Waals surface area contributed by atoms with Gasteiger partial charge in [0.2, 0.25) is 0 Å². The highest BCUT2D eigenvalue weighted by Gasteiger charge is 2.26. The van der Waals surface area contributed by atoms with Crippen LogP contribution < -0.4 is 0 Å². The maximum absolute atomic E-state index is 11.7. The van der Waals surface area contributed by atoms with Crippen LogP contribution in [-0.4, -0.2) is 55.0 Å². The van der Waals surface area contributed by atoms with Crippen LogP contribution in [0.2, 0.25) is 0 Å². The van der Waals surface area contributed by atoms with E-state index in [0.717, 1.165) is 0 Å². The molecular weight excluding hydrogens is 220 g/mol. The third-order valence-electron chi connectivity index (χ3n) is 2.34. The number of carbonyl (C=O) groups is 2. The van der Waals surface area contributed by atoms with Crippen LogP contribution in [0.25, 0.3) is 0 Å². The van der Waals surface area contributed by atoms with Crippen LogP contribution in [0.1, 0.15) is 20.3 Å². The number of amides is 1. The molecule has 1 fully saturated rings. The molecule has 1 rings (SSSR count). The predicted molar refractivity (Wildman–Crippen MR) is 64.6 cm³/mol.